The highest BCUT2D eigenvalue weighted by molar-refractivity contribution is 7.92. The van der Waals surface area contributed by atoms with E-state index in [4.69, 9.17) is 0 Å². The zero-order valence-electron chi connectivity index (χ0n) is 11.9. The first-order valence-electron chi connectivity index (χ1n) is 6.64. The van der Waals surface area contributed by atoms with Crippen molar-refractivity contribution in [3.8, 4) is 0 Å². The minimum Gasteiger partial charge on any atom is -0.339 e. The molecule has 0 bridgehead atoms. The second-order valence-corrected chi connectivity index (χ2v) is 7.25. The molecule has 1 aliphatic heterocycles. The number of nitrogens with zero attached hydrogens (tertiary/aromatic N) is 2. The molecule has 1 aliphatic rings. The van der Waals surface area contributed by atoms with E-state index in [1.54, 1.807) is 29.2 Å². The summed E-state index contributed by atoms with van der Waals surface area (Å²) in [6.07, 6.45) is 0. The van der Waals surface area contributed by atoms with E-state index in [9.17, 15) is 13.2 Å². The van der Waals surface area contributed by atoms with Crippen LogP contribution in [0.25, 0.3) is 0 Å². The first-order chi connectivity index (χ1) is 9.38. The molecule has 1 amide bonds. The molecule has 5 nitrogen and oxygen atoms in total. The highest BCUT2D eigenvalue weighted by Gasteiger charge is 2.25. The van der Waals surface area contributed by atoms with Gasteiger partial charge in [-0.25, -0.2) is 8.42 Å². The summed E-state index contributed by atoms with van der Waals surface area (Å²) in [5.41, 5.74) is 0.995. The Kier molecular flexibility index (Phi) is 4.45. The number of hydrogen-bond donors (Lipinski definition) is 0. The molecule has 1 fully saturated rings. The fourth-order valence-corrected chi connectivity index (χ4v) is 3.36. The topological polar surface area (TPSA) is 57.7 Å². The van der Waals surface area contributed by atoms with Crippen molar-refractivity contribution < 1.29 is 13.2 Å². The normalized spacial score (nSPS) is 17.2. The molecule has 0 aromatic heterocycles. The summed E-state index contributed by atoms with van der Waals surface area (Å²) in [6, 6.07) is 6.60. The number of aryl methyl sites for hydroxylation is 1. The van der Waals surface area contributed by atoms with Gasteiger partial charge in [0.05, 0.1) is 4.90 Å². The maximum Gasteiger partial charge on any atom is 0.238 e. The van der Waals surface area contributed by atoms with Crippen LogP contribution in [0.5, 0.6) is 0 Å². The number of sulfone groups is 1. The number of likely N-dealkylation sites (N-methyl/N-ethyl adjacent to an activating group) is 1. The fourth-order valence-electron chi connectivity index (χ4n) is 2.14. The Bertz CT molecular complexity index is 573. The molecular formula is C14H20N2O3S. The van der Waals surface area contributed by atoms with Crippen molar-refractivity contribution in [3.05, 3.63) is 29.8 Å². The number of amides is 1. The molecule has 1 heterocycles. The zero-order valence-corrected chi connectivity index (χ0v) is 12.7. The summed E-state index contributed by atoms with van der Waals surface area (Å²) in [5.74, 6) is -0.751. The molecule has 0 spiro atoms. The molecule has 20 heavy (non-hydrogen) atoms. The van der Waals surface area contributed by atoms with Gasteiger partial charge in [-0.15, -0.1) is 0 Å². The van der Waals surface area contributed by atoms with Gasteiger partial charge in [-0.1, -0.05) is 17.7 Å². The minimum absolute atomic E-state index is 0.213. The molecule has 0 aliphatic carbocycles. The van der Waals surface area contributed by atoms with Crippen LogP contribution in [0.3, 0.4) is 0 Å². The Morgan fingerprint density at radius 2 is 1.65 bits per heavy atom. The lowest BCUT2D eigenvalue weighted by atomic mass is 10.2. The van der Waals surface area contributed by atoms with Crippen molar-refractivity contribution in [1.29, 1.82) is 0 Å². The summed E-state index contributed by atoms with van der Waals surface area (Å²) >= 11 is 0. The van der Waals surface area contributed by atoms with Crippen molar-refractivity contribution in [2.45, 2.75) is 11.8 Å². The summed E-state index contributed by atoms with van der Waals surface area (Å²) in [7, 11) is -1.55. The fraction of sp³-hybridized carbons (Fsp3) is 0.500. The SMILES string of the molecule is Cc1ccc(S(=O)(=O)CC(=O)N2CCN(C)CC2)cc1. The lowest BCUT2D eigenvalue weighted by Gasteiger charge is -2.32. The van der Waals surface area contributed by atoms with Gasteiger partial charge in [0, 0.05) is 26.2 Å². The molecule has 1 aromatic rings. The van der Waals surface area contributed by atoms with Crippen LogP contribution in [0.4, 0.5) is 0 Å². The van der Waals surface area contributed by atoms with Crippen LogP contribution in [0.15, 0.2) is 29.2 Å². The van der Waals surface area contributed by atoms with Crippen molar-refractivity contribution >= 4 is 15.7 Å². The number of rotatable bonds is 3. The van der Waals surface area contributed by atoms with Gasteiger partial charge in [0.25, 0.3) is 0 Å². The highest BCUT2D eigenvalue weighted by Crippen LogP contribution is 2.13. The summed E-state index contributed by atoms with van der Waals surface area (Å²) < 4.78 is 24.4. The Labute approximate surface area is 120 Å². The van der Waals surface area contributed by atoms with Gasteiger partial charge in [-0.05, 0) is 26.1 Å². The van der Waals surface area contributed by atoms with Gasteiger partial charge < -0.3 is 9.80 Å². The lowest BCUT2D eigenvalue weighted by molar-refractivity contribution is -0.129. The second kappa shape index (κ2) is 5.93. The standard InChI is InChI=1S/C14H20N2O3S/c1-12-3-5-13(6-4-12)20(18,19)11-14(17)16-9-7-15(2)8-10-16/h3-6H,7-11H2,1-2H3. The maximum absolute atomic E-state index is 12.2. The maximum atomic E-state index is 12.2. The number of hydrogen-bond acceptors (Lipinski definition) is 4. The van der Waals surface area contributed by atoms with E-state index in [1.807, 2.05) is 14.0 Å². The van der Waals surface area contributed by atoms with Gasteiger partial charge in [-0.2, -0.15) is 0 Å². The monoisotopic (exact) mass is 296 g/mol. The largest absolute Gasteiger partial charge is 0.339 e. The van der Waals surface area contributed by atoms with Crippen LogP contribution >= 0.6 is 0 Å². The molecule has 1 saturated heterocycles. The summed E-state index contributed by atoms with van der Waals surface area (Å²) in [5, 5.41) is 0. The molecule has 0 unspecified atom stereocenters. The number of carbonyl (C=O) groups excluding carboxylic acids is 1. The van der Waals surface area contributed by atoms with Gasteiger partial charge in [-0.3, -0.25) is 4.79 Å². The molecule has 0 N–H and O–H groups in total. The number of benzene rings is 1. The van der Waals surface area contributed by atoms with Crippen LogP contribution in [0, 0.1) is 6.92 Å². The molecule has 6 heteroatoms. The van der Waals surface area contributed by atoms with Crippen LogP contribution in [-0.4, -0.2) is 63.1 Å². The predicted molar refractivity (Wildman–Crippen MR) is 77.3 cm³/mol. The third-order valence-corrected chi connectivity index (χ3v) is 5.17. The van der Waals surface area contributed by atoms with Crippen LogP contribution in [0.2, 0.25) is 0 Å². The van der Waals surface area contributed by atoms with Crippen LogP contribution < -0.4 is 0 Å². The van der Waals surface area contributed by atoms with Gasteiger partial charge in [0.15, 0.2) is 9.84 Å². The number of carbonyl (C=O) groups is 1. The zero-order chi connectivity index (χ0) is 14.8. The van der Waals surface area contributed by atoms with Gasteiger partial charge >= 0.3 is 0 Å². The second-order valence-electron chi connectivity index (χ2n) is 5.26. The third-order valence-electron chi connectivity index (χ3n) is 3.55. The van der Waals surface area contributed by atoms with Crippen molar-refractivity contribution in [2.24, 2.45) is 0 Å². The molecule has 1 aromatic carbocycles. The first-order valence-corrected chi connectivity index (χ1v) is 8.29. The Hall–Kier alpha value is -1.40. The van der Waals surface area contributed by atoms with Crippen LogP contribution in [0.1, 0.15) is 5.56 Å². The smallest absolute Gasteiger partial charge is 0.238 e. The quantitative estimate of drug-likeness (QED) is 0.817. The van der Waals surface area contributed by atoms with Crippen molar-refractivity contribution in [1.82, 2.24) is 9.80 Å². The van der Waals surface area contributed by atoms with E-state index in [0.29, 0.717) is 13.1 Å². The van der Waals surface area contributed by atoms with E-state index in [0.717, 1.165) is 18.7 Å². The van der Waals surface area contributed by atoms with E-state index in [2.05, 4.69) is 4.90 Å². The van der Waals surface area contributed by atoms with E-state index < -0.39 is 15.6 Å². The summed E-state index contributed by atoms with van der Waals surface area (Å²) in [6.45, 7) is 4.66. The average molecular weight is 296 g/mol. The average Bonchev–Trinajstić information content (AvgIpc) is 2.39. The molecule has 110 valence electrons. The predicted octanol–water partition coefficient (Wildman–Crippen LogP) is 0.543. The van der Waals surface area contributed by atoms with E-state index in [1.165, 1.54) is 0 Å². The molecule has 0 radical (unpaired) electrons. The minimum atomic E-state index is -3.54. The van der Waals surface area contributed by atoms with Crippen molar-refractivity contribution in [2.75, 3.05) is 39.0 Å². The van der Waals surface area contributed by atoms with Gasteiger partial charge in [0.2, 0.25) is 5.91 Å². The van der Waals surface area contributed by atoms with E-state index >= 15 is 0 Å². The third kappa shape index (κ3) is 3.58. The molecule has 0 saturated carbocycles. The van der Waals surface area contributed by atoms with Gasteiger partial charge in [0.1, 0.15) is 5.75 Å². The highest BCUT2D eigenvalue weighted by atomic mass is 32.2. The molecular weight excluding hydrogens is 276 g/mol. The van der Waals surface area contributed by atoms with Crippen molar-refractivity contribution in [3.63, 3.8) is 0 Å². The Morgan fingerprint density at radius 1 is 1.10 bits per heavy atom. The number of piperazine rings is 1. The molecule has 0 atom stereocenters. The summed E-state index contributed by atoms with van der Waals surface area (Å²) in [4.78, 5) is 16.1. The van der Waals surface area contributed by atoms with Crippen LogP contribution in [-0.2, 0) is 14.6 Å². The Morgan fingerprint density at radius 3 is 2.20 bits per heavy atom. The van der Waals surface area contributed by atoms with E-state index in [-0.39, 0.29) is 10.8 Å². The Balaban J connectivity index is 2.04. The molecule has 2 rings (SSSR count). The lowest BCUT2D eigenvalue weighted by Crippen LogP contribution is -2.48. The first kappa shape index (κ1) is 15.0.